The molecule has 7 nitrogen and oxygen atoms in total. The van der Waals surface area contributed by atoms with E-state index >= 15 is 0 Å². The van der Waals surface area contributed by atoms with Crippen molar-refractivity contribution in [2.75, 3.05) is 0 Å². The number of rotatable bonds is 6. The van der Waals surface area contributed by atoms with Crippen LogP contribution in [0.25, 0.3) is 11.0 Å². The molecule has 1 amide bonds. The van der Waals surface area contributed by atoms with Gasteiger partial charge in [0.2, 0.25) is 5.91 Å². The minimum atomic E-state index is -0.354. The second-order valence-corrected chi connectivity index (χ2v) is 7.04. The van der Waals surface area contributed by atoms with Crippen LogP contribution in [0.4, 0.5) is 0 Å². The first-order chi connectivity index (χ1) is 14.1. The minimum absolute atomic E-state index is 0.122. The van der Waals surface area contributed by atoms with Crippen molar-refractivity contribution in [3.63, 3.8) is 0 Å². The summed E-state index contributed by atoms with van der Waals surface area (Å²) in [7, 11) is 3.65. The largest absolute Gasteiger partial charge is 0.342 e. The van der Waals surface area contributed by atoms with E-state index < -0.39 is 0 Å². The normalized spacial score (nSPS) is 12.2. The summed E-state index contributed by atoms with van der Waals surface area (Å²) in [5.41, 5.74) is 2.52. The van der Waals surface area contributed by atoms with Crippen molar-refractivity contribution in [1.29, 1.82) is 0 Å². The molecular weight excluding hydrogens is 366 g/mol. The van der Waals surface area contributed by atoms with Crippen molar-refractivity contribution in [3.8, 4) is 0 Å². The number of fused-ring (bicyclic) bond motifs is 1. The van der Waals surface area contributed by atoms with Gasteiger partial charge in [0.25, 0.3) is 0 Å². The maximum absolute atomic E-state index is 12.8. The lowest BCUT2D eigenvalue weighted by Crippen LogP contribution is -2.32. The van der Waals surface area contributed by atoms with E-state index in [1.165, 1.54) is 0 Å². The van der Waals surface area contributed by atoms with Crippen LogP contribution >= 0.6 is 0 Å². The molecule has 0 radical (unpaired) electrons. The number of nitrogens with zero attached hydrogens (tertiary/aromatic N) is 4. The lowest BCUT2D eigenvalue weighted by atomic mass is 10.1. The molecule has 1 atom stereocenters. The third kappa shape index (κ3) is 3.59. The van der Waals surface area contributed by atoms with Gasteiger partial charge in [0.1, 0.15) is 11.9 Å². The fourth-order valence-corrected chi connectivity index (χ4v) is 3.62. The molecule has 4 aromatic rings. The van der Waals surface area contributed by atoms with Crippen molar-refractivity contribution in [1.82, 2.24) is 24.0 Å². The van der Waals surface area contributed by atoms with Crippen molar-refractivity contribution in [3.05, 3.63) is 88.9 Å². The highest BCUT2D eigenvalue weighted by molar-refractivity contribution is 5.78. The van der Waals surface area contributed by atoms with Crippen molar-refractivity contribution in [2.24, 2.45) is 14.1 Å². The van der Waals surface area contributed by atoms with Crippen LogP contribution in [-0.4, -0.2) is 24.6 Å². The Bertz CT molecular complexity index is 1200. The van der Waals surface area contributed by atoms with E-state index in [1.54, 1.807) is 22.4 Å². The standard InChI is InChI=1S/C22H23N5O2/c1-25-15-13-23-21(25)20(16-8-4-3-5-9-16)24-19(28)12-14-27-18-11-7-6-10-17(18)26(2)22(27)29/h3-11,13,15,20H,12,14H2,1-2H3,(H,24,28). The number of hydrogen-bond donors (Lipinski definition) is 1. The maximum Gasteiger partial charge on any atom is 0.328 e. The lowest BCUT2D eigenvalue weighted by molar-refractivity contribution is -0.121. The van der Waals surface area contributed by atoms with E-state index in [9.17, 15) is 9.59 Å². The molecule has 0 aliphatic rings. The van der Waals surface area contributed by atoms with Crippen molar-refractivity contribution in [2.45, 2.75) is 19.0 Å². The molecule has 4 rings (SSSR count). The highest BCUT2D eigenvalue weighted by atomic mass is 16.2. The van der Waals surface area contributed by atoms with Gasteiger partial charge >= 0.3 is 5.69 Å². The molecule has 0 spiro atoms. The molecule has 0 saturated heterocycles. The first-order valence-electron chi connectivity index (χ1n) is 9.52. The van der Waals surface area contributed by atoms with Crippen LogP contribution in [0.2, 0.25) is 0 Å². The monoisotopic (exact) mass is 389 g/mol. The Morgan fingerprint density at radius 2 is 1.72 bits per heavy atom. The lowest BCUT2D eigenvalue weighted by Gasteiger charge is -2.19. The molecule has 2 aromatic heterocycles. The number of aromatic nitrogens is 4. The van der Waals surface area contributed by atoms with Crippen molar-refractivity contribution >= 4 is 16.9 Å². The third-order valence-corrected chi connectivity index (χ3v) is 5.17. The molecule has 7 heteroatoms. The maximum atomic E-state index is 12.8. The summed E-state index contributed by atoms with van der Waals surface area (Å²) in [4.78, 5) is 29.8. The summed E-state index contributed by atoms with van der Waals surface area (Å²) in [6.07, 6.45) is 3.77. The van der Waals surface area contributed by atoms with E-state index in [1.807, 2.05) is 72.4 Å². The number of carbonyl (C=O) groups excluding carboxylic acids is 1. The first kappa shape index (κ1) is 18.7. The van der Waals surface area contributed by atoms with E-state index in [0.717, 1.165) is 22.4 Å². The van der Waals surface area contributed by atoms with Gasteiger partial charge in [-0.1, -0.05) is 42.5 Å². The Morgan fingerprint density at radius 1 is 1.03 bits per heavy atom. The Kier molecular flexibility index (Phi) is 5.03. The zero-order valence-corrected chi connectivity index (χ0v) is 16.4. The van der Waals surface area contributed by atoms with Gasteiger partial charge in [0.05, 0.1) is 11.0 Å². The van der Waals surface area contributed by atoms with Crippen LogP contribution in [0.1, 0.15) is 23.9 Å². The predicted octanol–water partition coefficient (Wildman–Crippen LogP) is 2.37. The molecule has 0 aliphatic carbocycles. The molecule has 2 aromatic carbocycles. The van der Waals surface area contributed by atoms with E-state index in [-0.39, 0.29) is 24.1 Å². The summed E-state index contributed by atoms with van der Waals surface area (Å²) in [6, 6.07) is 17.0. The number of amides is 1. The smallest absolute Gasteiger partial charge is 0.328 e. The average molecular weight is 389 g/mol. The molecular formula is C22H23N5O2. The van der Waals surface area contributed by atoms with E-state index in [4.69, 9.17) is 0 Å². The second kappa shape index (κ2) is 7.79. The van der Waals surface area contributed by atoms with E-state index in [0.29, 0.717) is 6.54 Å². The molecule has 0 bridgehead atoms. The molecule has 2 heterocycles. The zero-order valence-electron chi connectivity index (χ0n) is 16.4. The highest BCUT2D eigenvalue weighted by Crippen LogP contribution is 2.20. The molecule has 148 valence electrons. The van der Waals surface area contributed by atoms with Crippen LogP contribution in [-0.2, 0) is 25.4 Å². The zero-order chi connectivity index (χ0) is 20.4. The first-order valence-corrected chi connectivity index (χ1v) is 9.52. The number of carbonyl (C=O) groups is 1. The van der Waals surface area contributed by atoms with Gasteiger partial charge in [-0.3, -0.25) is 13.9 Å². The van der Waals surface area contributed by atoms with Gasteiger partial charge in [-0.15, -0.1) is 0 Å². The van der Waals surface area contributed by atoms with Crippen LogP contribution in [0, 0.1) is 0 Å². The summed E-state index contributed by atoms with van der Waals surface area (Å²) in [6.45, 7) is 0.314. The number of benzene rings is 2. The average Bonchev–Trinajstić information content (AvgIpc) is 3.27. The van der Waals surface area contributed by atoms with E-state index in [2.05, 4.69) is 10.3 Å². The molecule has 0 fully saturated rings. The van der Waals surface area contributed by atoms with Gasteiger partial charge in [0, 0.05) is 39.5 Å². The minimum Gasteiger partial charge on any atom is -0.342 e. The third-order valence-electron chi connectivity index (χ3n) is 5.17. The van der Waals surface area contributed by atoms with Crippen molar-refractivity contribution < 1.29 is 4.79 Å². The van der Waals surface area contributed by atoms with Gasteiger partial charge in [-0.05, 0) is 17.7 Å². The predicted molar refractivity (Wildman–Crippen MR) is 111 cm³/mol. The summed E-state index contributed by atoms with van der Waals surface area (Å²) < 4.78 is 5.15. The Hall–Kier alpha value is -3.61. The van der Waals surface area contributed by atoms with Crippen LogP contribution in [0.3, 0.4) is 0 Å². The molecule has 0 saturated carbocycles. The number of aryl methyl sites for hydroxylation is 3. The quantitative estimate of drug-likeness (QED) is 0.550. The Balaban J connectivity index is 1.55. The summed E-state index contributed by atoms with van der Waals surface area (Å²) in [5, 5.41) is 3.08. The summed E-state index contributed by atoms with van der Waals surface area (Å²) in [5.74, 6) is 0.619. The number of hydrogen-bond acceptors (Lipinski definition) is 3. The van der Waals surface area contributed by atoms with Crippen LogP contribution in [0.15, 0.2) is 71.8 Å². The second-order valence-electron chi connectivity index (χ2n) is 7.04. The SMILES string of the molecule is Cn1ccnc1C(NC(=O)CCn1c(=O)n(C)c2ccccc21)c1ccccc1. The highest BCUT2D eigenvalue weighted by Gasteiger charge is 2.21. The summed E-state index contributed by atoms with van der Waals surface area (Å²) >= 11 is 0. The number of imidazole rings is 2. The van der Waals surface area contributed by atoms with Gasteiger partial charge in [-0.25, -0.2) is 9.78 Å². The van der Waals surface area contributed by atoms with Crippen LogP contribution in [0.5, 0.6) is 0 Å². The Labute approximate surface area is 168 Å². The molecule has 1 N–H and O–H groups in total. The molecule has 0 aliphatic heterocycles. The topological polar surface area (TPSA) is 73.8 Å². The fraction of sp³-hybridized carbons (Fsp3) is 0.227. The number of nitrogens with one attached hydrogen (secondary N) is 1. The molecule has 29 heavy (non-hydrogen) atoms. The van der Waals surface area contributed by atoms with Gasteiger partial charge < -0.3 is 9.88 Å². The van der Waals surface area contributed by atoms with Gasteiger partial charge in [-0.2, -0.15) is 0 Å². The van der Waals surface area contributed by atoms with Gasteiger partial charge in [0.15, 0.2) is 0 Å². The number of para-hydroxylation sites is 2. The Morgan fingerprint density at radius 3 is 2.41 bits per heavy atom. The molecule has 1 unspecified atom stereocenters. The fourth-order valence-electron chi connectivity index (χ4n) is 3.62. The van der Waals surface area contributed by atoms with Crippen LogP contribution < -0.4 is 11.0 Å².